The zero-order valence-electron chi connectivity index (χ0n) is 9.74. The molecule has 0 aliphatic heterocycles. The van der Waals surface area contributed by atoms with Crippen molar-refractivity contribution < 1.29 is 17.0 Å². The van der Waals surface area contributed by atoms with Crippen LogP contribution in [0.4, 0.5) is 4.39 Å². The third-order valence-corrected chi connectivity index (χ3v) is 3.34. The second kappa shape index (κ2) is 4.14. The lowest BCUT2D eigenvalue weighted by Gasteiger charge is -2.18. The van der Waals surface area contributed by atoms with Gasteiger partial charge in [0.25, 0.3) is 10.1 Å². The van der Waals surface area contributed by atoms with E-state index in [2.05, 4.69) is 0 Å². The second-order valence-electron chi connectivity index (χ2n) is 4.56. The average molecular weight is 246 g/mol. The predicted molar refractivity (Wildman–Crippen MR) is 59.2 cm³/mol. The molecule has 0 aromatic heterocycles. The highest BCUT2D eigenvalue weighted by molar-refractivity contribution is 7.86. The van der Waals surface area contributed by atoms with Crippen molar-refractivity contribution in [2.75, 3.05) is 0 Å². The Bertz CT molecular complexity index is 486. The highest BCUT2D eigenvalue weighted by Crippen LogP contribution is 2.21. The van der Waals surface area contributed by atoms with Crippen molar-refractivity contribution in [2.45, 2.75) is 38.2 Å². The lowest BCUT2D eigenvalue weighted by atomic mass is 10.2. The summed E-state index contributed by atoms with van der Waals surface area (Å²) in [5.41, 5.74) is -0.435. The van der Waals surface area contributed by atoms with E-state index in [0.717, 1.165) is 6.07 Å². The van der Waals surface area contributed by atoms with Crippen LogP contribution in [0.5, 0.6) is 0 Å². The first-order valence-electron chi connectivity index (χ1n) is 4.84. The Morgan fingerprint density at radius 3 is 2.25 bits per heavy atom. The predicted octanol–water partition coefficient (Wildman–Crippen LogP) is 2.64. The Morgan fingerprint density at radius 2 is 1.81 bits per heavy atom. The molecule has 1 aromatic rings. The summed E-state index contributed by atoms with van der Waals surface area (Å²) < 4.78 is 41.6. The minimum atomic E-state index is -3.90. The first-order valence-corrected chi connectivity index (χ1v) is 6.24. The van der Waals surface area contributed by atoms with E-state index in [1.165, 1.54) is 12.1 Å². The van der Waals surface area contributed by atoms with Crippen LogP contribution in [0.25, 0.3) is 0 Å². The average Bonchev–Trinajstić information content (AvgIpc) is 2.05. The molecule has 0 spiro atoms. The zero-order chi connectivity index (χ0) is 12.6. The van der Waals surface area contributed by atoms with Crippen molar-refractivity contribution in [3.05, 3.63) is 29.6 Å². The van der Waals surface area contributed by atoms with Crippen molar-refractivity contribution in [1.29, 1.82) is 0 Å². The standard InChI is InChI=1S/C11H15FO3S/c1-8-5-6-9(7-10(8)12)16(13,14)15-11(2,3)4/h5-7H,1-4H3. The van der Waals surface area contributed by atoms with E-state index in [0.29, 0.717) is 5.56 Å². The van der Waals surface area contributed by atoms with Gasteiger partial charge in [0.1, 0.15) is 5.82 Å². The summed E-state index contributed by atoms with van der Waals surface area (Å²) >= 11 is 0. The van der Waals surface area contributed by atoms with Gasteiger partial charge in [0.2, 0.25) is 0 Å². The van der Waals surface area contributed by atoms with Gasteiger partial charge in [0, 0.05) is 0 Å². The van der Waals surface area contributed by atoms with Crippen molar-refractivity contribution in [3.63, 3.8) is 0 Å². The third kappa shape index (κ3) is 3.28. The van der Waals surface area contributed by atoms with Crippen LogP contribution < -0.4 is 0 Å². The maximum Gasteiger partial charge on any atom is 0.297 e. The Labute approximate surface area is 95.4 Å². The maximum atomic E-state index is 13.2. The number of rotatable bonds is 2. The summed E-state index contributed by atoms with van der Waals surface area (Å²) in [6.07, 6.45) is 0. The molecule has 1 aromatic carbocycles. The van der Waals surface area contributed by atoms with Gasteiger partial charge in [-0.05, 0) is 45.4 Å². The largest absolute Gasteiger partial charge is 0.297 e. The lowest BCUT2D eigenvalue weighted by Crippen LogP contribution is -2.24. The molecule has 0 unspecified atom stereocenters. The Morgan fingerprint density at radius 1 is 1.25 bits per heavy atom. The van der Waals surface area contributed by atoms with Crippen molar-refractivity contribution >= 4 is 10.1 Å². The fourth-order valence-corrected chi connectivity index (χ4v) is 2.34. The van der Waals surface area contributed by atoms with Gasteiger partial charge < -0.3 is 0 Å². The Balaban J connectivity index is 3.13. The normalized spacial score (nSPS) is 12.8. The molecule has 3 nitrogen and oxygen atoms in total. The van der Waals surface area contributed by atoms with E-state index in [4.69, 9.17) is 4.18 Å². The van der Waals surface area contributed by atoms with E-state index in [1.54, 1.807) is 27.7 Å². The molecule has 1 rings (SSSR count). The molecule has 0 atom stereocenters. The van der Waals surface area contributed by atoms with Gasteiger partial charge in [0.05, 0.1) is 10.5 Å². The second-order valence-corrected chi connectivity index (χ2v) is 6.11. The van der Waals surface area contributed by atoms with Gasteiger partial charge in [0.15, 0.2) is 0 Å². The monoisotopic (exact) mass is 246 g/mol. The molecule has 0 radical (unpaired) electrons. The number of halogens is 1. The fraction of sp³-hybridized carbons (Fsp3) is 0.455. The molecule has 0 aliphatic carbocycles. The Hall–Kier alpha value is -0.940. The zero-order valence-corrected chi connectivity index (χ0v) is 10.6. The van der Waals surface area contributed by atoms with Crippen LogP contribution in [0.15, 0.2) is 23.1 Å². The molecule has 0 amide bonds. The van der Waals surface area contributed by atoms with E-state index in [9.17, 15) is 12.8 Å². The molecule has 0 bridgehead atoms. The van der Waals surface area contributed by atoms with Gasteiger partial charge in [-0.2, -0.15) is 8.42 Å². The van der Waals surface area contributed by atoms with Gasteiger partial charge >= 0.3 is 0 Å². The van der Waals surface area contributed by atoms with E-state index >= 15 is 0 Å². The summed E-state index contributed by atoms with van der Waals surface area (Å²) in [6.45, 7) is 6.43. The van der Waals surface area contributed by atoms with Crippen LogP contribution in [-0.2, 0) is 14.3 Å². The van der Waals surface area contributed by atoms with Crippen LogP contribution in [0.2, 0.25) is 0 Å². The molecule has 90 valence electrons. The first kappa shape index (κ1) is 13.1. The molecule has 0 saturated heterocycles. The number of aryl methyl sites for hydroxylation is 1. The van der Waals surface area contributed by atoms with Gasteiger partial charge in [-0.1, -0.05) is 6.07 Å². The van der Waals surface area contributed by atoms with Crippen molar-refractivity contribution in [3.8, 4) is 0 Å². The minimum Gasteiger partial charge on any atom is -0.261 e. The number of benzene rings is 1. The molecule has 5 heteroatoms. The summed E-state index contributed by atoms with van der Waals surface area (Å²) in [7, 11) is -3.90. The summed E-state index contributed by atoms with van der Waals surface area (Å²) in [5, 5.41) is 0. The lowest BCUT2D eigenvalue weighted by molar-refractivity contribution is 0.139. The smallest absolute Gasteiger partial charge is 0.261 e. The van der Waals surface area contributed by atoms with Crippen LogP contribution in [0, 0.1) is 12.7 Å². The van der Waals surface area contributed by atoms with E-state index in [-0.39, 0.29) is 4.90 Å². The van der Waals surface area contributed by atoms with Crippen LogP contribution in [0.3, 0.4) is 0 Å². The van der Waals surface area contributed by atoms with Crippen molar-refractivity contribution in [2.24, 2.45) is 0 Å². The molecular formula is C11H15FO3S. The molecule has 0 N–H and O–H groups in total. The molecule has 0 heterocycles. The first-order chi connectivity index (χ1) is 7.12. The highest BCUT2D eigenvalue weighted by atomic mass is 32.2. The molecular weight excluding hydrogens is 231 g/mol. The van der Waals surface area contributed by atoms with E-state index in [1.807, 2.05) is 0 Å². The summed E-state index contributed by atoms with van der Waals surface area (Å²) in [6, 6.07) is 3.71. The van der Waals surface area contributed by atoms with Crippen LogP contribution in [-0.4, -0.2) is 14.0 Å². The summed E-state index contributed by atoms with van der Waals surface area (Å²) in [4.78, 5) is -0.162. The SMILES string of the molecule is Cc1ccc(S(=O)(=O)OC(C)(C)C)cc1F. The third-order valence-electron chi connectivity index (χ3n) is 1.79. The fourth-order valence-electron chi connectivity index (χ4n) is 1.11. The van der Waals surface area contributed by atoms with Gasteiger partial charge in [-0.15, -0.1) is 0 Å². The Kier molecular flexibility index (Phi) is 3.40. The van der Waals surface area contributed by atoms with Crippen LogP contribution >= 0.6 is 0 Å². The molecule has 16 heavy (non-hydrogen) atoms. The van der Waals surface area contributed by atoms with Gasteiger partial charge in [-0.25, -0.2) is 4.39 Å². The number of hydrogen-bond acceptors (Lipinski definition) is 3. The summed E-state index contributed by atoms with van der Waals surface area (Å²) in [5.74, 6) is -0.557. The molecule has 0 saturated carbocycles. The quantitative estimate of drug-likeness (QED) is 0.753. The van der Waals surface area contributed by atoms with E-state index < -0.39 is 21.5 Å². The minimum absolute atomic E-state index is 0.162. The van der Waals surface area contributed by atoms with Gasteiger partial charge in [-0.3, -0.25) is 4.18 Å². The highest BCUT2D eigenvalue weighted by Gasteiger charge is 2.24. The number of hydrogen-bond donors (Lipinski definition) is 0. The molecule has 0 aliphatic rings. The topological polar surface area (TPSA) is 43.4 Å². The maximum absolute atomic E-state index is 13.2. The molecule has 0 fully saturated rings. The van der Waals surface area contributed by atoms with Crippen molar-refractivity contribution in [1.82, 2.24) is 0 Å². The van der Waals surface area contributed by atoms with Crippen LogP contribution in [0.1, 0.15) is 26.3 Å².